The molecule has 1 heterocycles. The van der Waals surface area contributed by atoms with Crippen LogP contribution in [0.4, 0.5) is 0 Å². The maximum atomic E-state index is 11.8. The van der Waals surface area contributed by atoms with E-state index in [2.05, 4.69) is 5.32 Å². The Labute approximate surface area is 104 Å². The molecule has 0 bridgehead atoms. The molecule has 0 aliphatic rings. The van der Waals surface area contributed by atoms with E-state index in [1.807, 2.05) is 30.3 Å². The molecule has 0 saturated heterocycles. The second-order valence-electron chi connectivity index (χ2n) is 3.84. The molecule has 1 aromatic heterocycles. The molecule has 2 rings (SSSR count). The number of nitrogens with one attached hydrogen (secondary N) is 1. The second kappa shape index (κ2) is 5.80. The van der Waals surface area contributed by atoms with Gasteiger partial charge in [0.25, 0.3) is 5.91 Å². The van der Waals surface area contributed by atoms with Gasteiger partial charge in [-0.3, -0.25) is 4.79 Å². The minimum Gasteiger partial charge on any atom is -0.396 e. The summed E-state index contributed by atoms with van der Waals surface area (Å²) in [6.45, 7) is 0.798. The van der Waals surface area contributed by atoms with Gasteiger partial charge in [-0.15, -0.1) is 11.3 Å². The van der Waals surface area contributed by atoms with Gasteiger partial charge in [0.2, 0.25) is 0 Å². The van der Waals surface area contributed by atoms with Crippen LogP contribution in [-0.4, -0.2) is 24.2 Å². The lowest BCUT2D eigenvalue weighted by atomic mass is 10.2. The minimum absolute atomic E-state index is 0.0239. The van der Waals surface area contributed by atoms with Crippen molar-refractivity contribution in [2.24, 2.45) is 0 Å². The van der Waals surface area contributed by atoms with Crippen LogP contribution in [0.25, 0.3) is 10.1 Å². The van der Waals surface area contributed by atoms with Gasteiger partial charge in [0, 0.05) is 17.9 Å². The van der Waals surface area contributed by atoms with Crippen LogP contribution in [0, 0.1) is 0 Å². The Morgan fingerprint density at radius 3 is 2.88 bits per heavy atom. The van der Waals surface area contributed by atoms with Gasteiger partial charge in [-0.25, -0.2) is 0 Å². The van der Waals surface area contributed by atoms with Gasteiger partial charge in [0.15, 0.2) is 0 Å². The summed E-state index contributed by atoms with van der Waals surface area (Å²) in [5.41, 5.74) is 0. The van der Waals surface area contributed by atoms with E-state index in [9.17, 15) is 4.79 Å². The Balaban J connectivity index is 1.99. The number of benzene rings is 1. The summed E-state index contributed by atoms with van der Waals surface area (Å²) in [6.07, 6.45) is 1.54. The monoisotopic (exact) mass is 249 g/mol. The second-order valence-corrected chi connectivity index (χ2v) is 4.92. The molecule has 0 fully saturated rings. The normalized spacial score (nSPS) is 10.6. The molecule has 0 aliphatic heterocycles. The first kappa shape index (κ1) is 12.1. The zero-order valence-electron chi connectivity index (χ0n) is 9.48. The highest BCUT2D eigenvalue weighted by Crippen LogP contribution is 2.24. The largest absolute Gasteiger partial charge is 0.396 e. The number of hydrogen-bond acceptors (Lipinski definition) is 3. The van der Waals surface area contributed by atoms with Crippen LogP contribution < -0.4 is 5.32 Å². The summed E-state index contributed by atoms with van der Waals surface area (Å²) < 4.78 is 1.13. The van der Waals surface area contributed by atoms with Crippen LogP contribution in [-0.2, 0) is 0 Å². The Bertz CT molecular complexity index is 474. The molecule has 2 N–H and O–H groups in total. The van der Waals surface area contributed by atoms with Crippen LogP contribution in [0.5, 0.6) is 0 Å². The van der Waals surface area contributed by atoms with Gasteiger partial charge in [-0.1, -0.05) is 18.2 Å². The fraction of sp³-hybridized carbons (Fsp3) is 0.308. The fourth-order valence-electron chi connectivity index (χ4n) is 1.62. The van der Waals surface area contributed by atoms with Crippen molar-refractivity contribution >= 4 is 27.3 Å². The SMILES string of the molecule is O=C(NCCCCO)c1cc2ccccc2s1. The molecule has 0 spiro atoms. The molecular formula is C13H15NO2S. The van der Waals surface area contributed by atoms with Crippen molar-refractivity contribution in [1.29, 1.82) is 0 Å². The molecule has 0 unspecified atom stereocenters. The molecule has 1 aromatic carbocycles. The topological polar surface area (TPSA) is 49.3 Å². The first-order chi connectivity index (χ1) is 8.31. The predicted octanol–water partition coefficient (Wildman–Crippen LogP) is 2.40. The summed E-state index contributed by atoms with van der Waals surface area (Å²) >= 11 is 1.51. The van der Waals surface area contributed by atoms with Gasteiger partial charge in [0.05, 0.1) is 4.88 Å². The van der Waals surface area contributed by atoms with Gasteiger partial charge < -0.3 is 10.4 Å². The minimum atomic E-state index is -0.0239. The quantitative estimate of drug-likeness (QED) is 0.799. The van der Waals surface area contributed by atoms with Crippen molar-refractivity contribution in [1.82, 2.24) is 5.32 Å². The molecule has 17 heavy (non-hydrogen) atoms. The van der Waals surface area contributed by atoms with Crippen molar-refractivity contribution in [3.63, 3.8) is 0 Å². The molecule has 0 atom stereocenters. The zero-order chi connectivity index (χ0) is 12.1. The molecular weight excluding hydrogens is 234 g/mol. The molecule has 0 saturated carbocycles. The van der Waals surface area contributed by atoms with Crippen LogP contribution in [0.15, 0.2) is 30.3 Å². The van der Waals surface area contributed by atoms with Crippen molar-refractivity contribution in [3.05, 3.63) is 35.2 Å². The number of carbonyl (C=O) groups excluding carboxylic acids is 1. The van der Waals surface area contributed by atoms with E-state index < -0.39 is 0 Å². The number of rotatable bonds is 5. The number of unbranched alkanes of at least 4 members (excludes halogenated alkanes) is 1. The van der Waals surface area contributed by atoms with Crippen molar-refractivity contribution < 1.29 is 9.90 Å². The van der Waals surface area contributed by atoms with Crippen molar-refractivity contribution in [3.8, 4) is 0 Å². The third-order valence-corrected chi connectivity index (χ3v) is 3.63. The van der Waals surface area contributed by atoms with E-state index >= 15 is 0 Å². The van der Waals surface area contributed by atoms with E-state index in [0.29, 0.717) is 6.54 Å². The van der Waals surface area contributed by atoms with Gasteiger partial charge in [-0.2, -0.15) is 0 Å². The van der Waals surface area contributed by atoms with Gasteiger partial charge in [0.1, 0.15) is 0 Å². The Kier molecular flexibility index (Phi) is 4.12. The summed E-state index contributed by atoms with van der Waals surface area (Å²) in [5, 5.41) is 12.6. The number of aliphatic hydroxyl groups is 1. The summed E-state index contributed by atoms with van der Waals surface area (Å²) in [5.74, 6) is -0.0239. The lowest BCUT2D eigenvalue weighted by molar-refractivity contribution is 0.0956. The summed E-state index contributed by atoms with van der Waals surface area (Å²) in [6, 6.07) is 9.89. The van der Waals surface area contributed by atoms with E-state index in [-0.39, 0.29) is 12.5 Å². The maximum absolute atomic E-state index is 11.8. The molecule has 0 aliphatic carbocycles. The van der Waals surface area contributed by atoms with Gasteiger partial charge in [-0.05, 0) is 30.4 Å². The van der Waals surface area contributed by atoms with E-state index in [4.69, 9.17) is 5.11 Å². The highest BCUT2D eigenvalue weighted by molar-refractivity contribution is 7.20. The van der Waals surface area contributed by atoms with Crippen LogP contribution in [0.3, 0.4) is 0 Å². The first-order valence-corrected chi connectivity index (χ1v) is 6.50. The molecule has 90 valence electrons. The maximum Gasteiger partial charge on any atom is 0.261 e. The third kappa shape index (κ3) is 3.05. The lowest BCUT2D eigenvalue weighted by Gasteiger charge is -2.01. The van der Waals surface area contributed by atoms with Crippen molar-refractivity contribution in [2.75, 3.05) is 13.2 Å². The Hall–Kier alpha value is -1.39. The van der Waals surface area contributed by atoms with Crippen LogP contribution in [0.1, 0.15) is 22.5 Å². The van der Waals surface area contributed by atoms with Gasteiger partial charge >= 0.3 is 0 Å². The Morgan fingerprint density at radius 2 is 2.12 bits per heavy atom. The number of amides is 1. The average molecular weight is 249 g/mol. The average Bonchev–Trinajstić information content (AvgIpc) is 2.78. The van der Waals surface area contributed by atoms with E-state index in [1.54, 1.807) is 0 Å². The molecule has 2 aromatic rings. The molecule has 3 nitrogen and oxygen atoms in total. The highest BCUT2D eigenvalue weighted by Gasteiger charge is 2.08. The number of thiophene rings is 1. The predicted molar refractivity (Wildman–Crippen MR) is 70.5 cm³/mol. The third-order valence-electron chi connectivity index (χ3n) is 2.52. The lowest BCUT2D eigenvalue weighted by Crippen LogP contribution is -2.23. The van der Waals surface area contributed by atoms with E-state index in [1.165, 1.54) is 11.3 Å². The first-order valence-electron chi connectivity index (χ1n) is 5.69. The summed E-state index contributed by atoms with van der Waals surface area (Å²) in [7, 11) is 0. The Morgan fingerprint density at radius 1 is 1.29 bits per heavy atom. The van der Waals surface area contributed by atoms with Crippen molar-refractivity contribution in [2.45, 2.75) is 12.8 Å². The fourth-order valence-corrected chi connectivity index (χ4v) is 2.60. The van der Waals surface area contributed by atoms with Crippen LogP contribution >= 0.6 is 11.3 Å². The summed E-state index contributed by atoms with van der Waals surface area (Å²) in [4.78, 5) is 12.6. The standard InChI is InChI=1S/C13H15NO2S/c15-8-4-3-7-14-13(16)12-9-10-5-1-2-6-11(10)17-12/h1-2,5-6,9,15H,3-4,7-8H2,(H,14,16). The number of aliphatic hydroxyl groups excluding tert-OH is 1. The number of hydrogen-bond donors (Lipinski definition) is 2. The van der Waals surface area contributed by atoms with E-state index in [0.717, 1.165) is 27.8 Å². The number of carbonyl (C=O) groups is 1. The van der Waals surface area contributed by atoms with Crippen LogP contribution in [0.2, 0.25) is 0 Å². The molecule has 1 amide bonds. The number of fused-ring (bicyclic) bond motifs is 1. The molecule has 4 heteroatoms. The molecule has 0 radical (unpaired) electrons. The smallest absolute Gasteiger partial charge is 0.261 e. The zero-order valence-corrected chi connectivity index (χ0v) is 10.3. The highest BCUT2D eigenvalue weighted by atomic mass is 32.1.